The van der Waals surface area contributed by atoms with Gasteiger partial charge >= 0.3 is 0 Å². The molecule has 1 amide bonds. The van der Waals surface area contributed by atoms with E-state index in [1.54, 1.807) is 10.7 Å². The number of amides is 1. The minimum atomic E-state index is 0.0168. The Balaban J connectivity index is 1.28. The van der Waals surface area contributed by atoms with E-state index in [4.69, 9.17) is 0 Å². The fraction of sp³-hybridized carbons (Fsp3) is 0.632. The van der Waals surface area contributed by atoms with Crippen molar-refractivity contribution in [1.82, 2.24) is 19.6 Å². The van der Waals surface area contributed by atoms with E-state index >= 15 is 0 Å². The second-order valence-corrected chi connectivity index (χ2v) is 7.34. The van der Waals surface area contributed by atoms with Gasteiger partial charge in [0.05, 0.1) is 12.2 Å². The third kappa shape index (κ3) is 3.54. The van der Waals surface area contributed by atoms with Crippen LogP contribution >= 0.6 is 0 Å². The summed E-state index contributed by atoms with van der Waals surface area (Å²) in [7, 11) is 0. The van der Waals surface area contributed by atoms with Crippen molar-refractivity contribution in [2.45, 2.75) is 38.6 Å². The fourth-order valence-electron chi connectivity index (χ4n) is 4.10. The van der Waals surface area contributed by atoms with E-state index in [1.165, 1.54) is 0 Å². The lowest BCUT2D eigenvalue weighted by Gasteiger charge is -2.36. The second-order valence-electron chi connectivity index (χ2n) is 7.34. The van der Waals surface area contributed by atoms with Crippen molar-refractivity contribution in [1.29, 1.82) is 0 Å². The van der Waals surface area contributed by atoms with E-state index in [9.17, 15) is 9.59 Å². The maximum atomic E-state index is 12.5. The van der Waals surface area contributed by atoms with E-state index in [2.05, 4.69) is 22.2 Å². The standard InChI is InChI=1S/C19H26N4O2/c24-18-14-16-6-3-7-17(16)20-23(18)13-10-21-8-11-22(12-9-21)19(25)15-4-1-2-5-15/h1-2,14-15H,3-13H2. The van der Waals surface area contributed by atoms with Gasteiger partial charge in [-0.3, -0.25) is 14.5 Å². The zero-order valence-corrected chi connectivity index (χ0v) is 14.7. The topological polar surface area (TPSA) is 58.4 Å². The maximum Gasteiger partial charge on any atom is 0.267 e. The Morgan fingerprint density at radius 1 is 1.08 bits per heavy atom. The van der Waals surface area contributed by atoms with Gasteiger partial charge in [0.1, 0.15) is 0 Å². The molecule has 1 fully saturated rings. The molecule has 0 aromatic carbocycles. The van der Waals surface area contributed by atoms with Crippen LogP contribution in [0.1, 0.15) is 30.5 Å². The summed E-state index contributed by atoms with van der Waals surface area (Å²) >= 11 is 0. The Bertz CT molecular complexity index is 723. The highest BCUT2D eigenvalue weighted by atomic mass is 16.2. The molecule has 0 spiro atoms. The number of aromatic nitrogens is 2. The van der Waals surface area contributed by atoms with Gasteiger partial charge in [-0.1, -0.05) is 12.2 Å². The Kier molecular flexibility index (Phi) is 4.70. The number of aryl methyl sites for hydroxylation is 2. The number of piperazine rings is 1. The lowest BCUT2D eigenvalue weighted by molar-refractivity contribution is -0.136. The van der Waals surface area contributed by atoms with Gasteiger partial charge in [0.15, 0.2) is 0 Å². The number of hydrogen-bond donors (Lipinski definition) is 0. The Morgan fingerprint density at radius 3 is 2.60 bits per heavy atom. The summed E-state index contributed by atoms with van der Waals surface area (Å²) in [6.07, 6.45) is 9.11. The van der Waals surface area contributed by atoms with Gasteiger partial charge in [-0.2, -0.15) is 5.10 Å². The van der Waals surface area contributed by atoms with Crippen LogP contribution in [0.3, 0.4) is 0 Å². The second kappa shape index (κ2) is 7.12. The first-order valence-electron chi connectivity index (χ1n) is 9.47. The first-order chi connectivity index (χ1) is 12.2. The summed E-state index contributed by atoms with van der Waals surface area (Å²) < 4.78 is 1.62. The molecule has 3 aliphatic rings. The van der Waals surface area contributed by atoms with Crippen molar-refractivity contribution < 1.29 is 4.79 Å². The van der Waals surface area contributed by atoms with Crippen LogP contribution < -0.4 is 5.56 Å². The molecule has 25 heavy (non-hydrogen) atoms. The van der Waals surface area contributed by atoms with Crippen molar-refractivity contribution in [3.63, 3.8) is 0 Å². The molecule has 134 valence electrons. The zero-order valence-electron chi connectivity index (χ0n) is 14.7. The Labute approximate surface area is 148 Å². The molecule has 0 bridgehead atoms. The van der Waals surface area contributed by atoms with E-state index in [0.29, 0.717) is 12.5 Å². The monoisotopic (exact) mass is 342 g/mol. The third-order valence-corrected chi connectivity index (χ3v) is 5.69. The molecule has 0 radical (unpaired) electrons. The molecule has 6 nitrogen and oxygen atoms in total. The molecule has 4 rings (SSSR count). The minimum absolute atomic E-state index is 0.0168. The highest BCUT2D eigenvalue weighted by Crippen LogP contribution is 2.21. The van der Waals surface area contributed by atoms with Gasteiger partial charge in [-0.05, 0) is 37.7 Å². The first kappa shape index (κ1) is 16.5. The molecule has 0 unspecified atom stereocenters. The van der Waals surface area contributed by atoms with Crippen molar-refractivity contribution in [2.75, 3.05) is 32.7 Å². The molecule has 1 saturated heterocycles. The molecule has 6 heteroatoms. The fourth-order valence-corrected chi connectivity index (χ4v) is 4.10. The molecule has 1 aromatic heterocycles. The van der Waals surface area contributed by atoms with Crippen molar-refractivity contribution in [3.05, 3.63) is 39.8 Å². The largest absolute Gasteiger partial charge is 0.340 e. The van der Waals surface area contributed by atoms with Gasteiger partial charge in [-0.25, -0.2) is 4.68 Å². The quantitative estimate of drug-likeness (QED) is 0.761. The number of fused-ring (bicyclic) bond motifs is 1. The smallest absolute Gasteiger partial charge is 0.267 e. The number of carbonyl (C=O) groups is 1. The summed E-state index contributed by atoms with van der Waals surface area (Å²) in [5, 5.41) is 4.54. The van der Waals surface area contributed by atoms with Crippen LogP contribution in [0.15, 0.2) is 23.0 Å². The Morgan fingerprint density at radius 2 is 1.84 bits per heavy atom. The minimum Gasteiger partial charge on any atom is -0.340 e. The van der Waals surface area contributed by atoms with Crippen LogP contribution in [0, 0.1) is 5.92 Å². The highest BCUT2D eigenvalue weighted by molar-refractivity contribution is 5.79. The molecule has 0 saturated carbocycles. The predicted molar refractivity (Wildman–Crippen MR) is 95.4 cm³/mol. The summed E-state index contributed by atoms with van der Waals surface area (Å²) in [5.74, 6) is 0.474. The van der Waals surface area contributed by atoms with Crippen molar-refractivity contribution >= 4 is 5.91 Å². The van der Waals surface area contributed by atoms with Crippen LogP contribution in [0.2, 0.25) is 0 Å². The molecule has 1 aliphatic heterocycles. The average Bonchev–Trinajstić information content (AvgIpc) is 3.31. The van der Waals surface area contributed by atoms with Gasteiger partial charge < -0.3 is 4.90 Å². The molecule has 0 N–H and O–H groups in total. The van der Waals surface area contributed by atoms with Crippen LogP contribution in [0.5, 0.6) is 0 Å². The molecular weight excluding hydrogens is 316 g/mol. The number of carbonyl (C=O) groups excluding carboxylic acids is 1. The predicted octanol–water partition coefficient (Wildman–Crippen LogP) is 0.842. The van der Waals surface area contributed by atoms with Gasteiger partial charge in [0.2, 0.25) is 5.91 Å². The van der Waals surface area contributed by atoms with Crippen LogP contribution in [0.4, 0.5) is 0 Å². The zero-order chi connectivity index (χ0) is 17.2. The lowest BCUT2D eigenvalue weighted by atomic mass is 10.1. The molecule has 1 aromatic rings. The van der Waals surface area contributed by atoms with Crippen molar-refractivity contribution in [3.8, 4) is 0 Å². The maximum absolute atomic E-state index is 12.5. The van der Waals surface area contributed by atoms with E-state index in [1.807, 2.05) is 4.90 Å². The van der Waals surface area contributed by atoms with Crippen molar-refractivity contribution in [2.24, 2.45) is 5.92 Å². The SMILES string of the molecule is O=C(C1CC=CC1)N1CCN(CCn2nc3c(cc2=O)CCC3)CC1. The molecule has 2 aliphatic carbocycles. The third-order valence-electron chi connectivity index (χ3n) is 5.69. The van der Waals surface area contributed by atoms with Crippen LogP contribution in [-0.4, -0.2) is 58.2 Å². The van der Waals surface area contributed by atoms with Gasteiger partial charge in [-0.15, -0.1) is 0 Å². The normalized spacial score (nSPS) is 21.0. The number of rotatable bonds is 4. The van der Waals surface area contributed by atoms with Gasteiger partial charge in [0.25, 0.3) is 5.56 Å². The first-order valence-corrected chi connectivity index (χ1v) is 9.47. The number of nitrogens with zero attached hydrogens (tertiary/aromatic N) is 4. The average molecular weight is 342 g/mol. The van der Waals surface area contributed by atoms with E-state index < -0.39 is 0 Å². The summed E-state index contributed by atoms with van der Waals surface area (Å²) in [5.41, 5.74) is 2.25. The van der Waals surface area contributed by atoms with Gasteiger partial charge in [0, 0.05) is 44.7 Å². The van der Waals surface area contributed by atoms with E-state index in [-0.39, 0.29) is 11.5 Å². The lowest BCUT2D eigenvalue weighted by Crippen LogP contribution is -2.51. The Hall–Kier alpha value is -1.95. The number of allylic oxidation sites excluding steroid dienone is 2. The summed E-state index contributed by atoms with van der Waals surface area (Å²) in [6.45, 7) is 4.80. The van der Waals surface area contributed by atoms with Crippen LogP contribution in [-0.2, 0) is 24.2 Å². The summed E-state index contributed by atoms with van der Waals surface area (Å²) in [4.78, 5) is 29.0. The molecular formula is C19H26N4O2. The number of hydrogen-bond acceptors (Lipinski definition) is 4. The molecule has 0 atom stereocenters. The van der Waals surface area contributed by atoms with E-state index in [0.717, 1.165) is 76.1 Å². The highest BCUT2D eigenvalue weighted by Gasteiger charge is 2.27. The van der Waals surface area contributed by atoms with Crippen LogP contribution in [0.25, 0.3) is 0 Å². The molecule has 2 heterocycles. The summed E-state index contributed by atoms with van der Waals surface area (Å²) in [6, 6.07) is 1.77.